The minimum Gasteiger partial charge on any atom is -0.447 e. The zero-order chi connectivity index (χ0) is 18.5. The quantitative estimate of drug-likeness (QED) is 0.821. The molecule has 144 valence electrons. The summed E-state index contributed by atoms with van der Waals surface area (Å²) in [7, 11) is 0. The molecule has 0 spiro atoms. The molecule has 6 heteroatoms. The van der Waals surface area contributed by atoms with E-state index >= 15 is 0 Å². The second kappa shape index (κ2) is 8.57. The molecule has 6 nitrogen and oxygen atoms in total. The van der Waals surface area contributed by atoms with Crippen molar-refractivity contribution in [2.24, 2.45) is 0 Å². The maximum absolute atomic E-state index is 12.8. The Labute approximate surface area is 160 Å². The molecule has 1 saturated carbocycles. The summed E-state index contributed by atoms with van der Waals surface area (Å²) in [5, 5.41) is 6.85. The van der Waals surface area contributed by atoms with E-state index in [1.165, 1.54) is 19.3 Å². The van der Waals surface area contributed by atoms with Crippen LogP contribution in [0.15, 0.2) is 47.2 Å². The van der Waals surface area contributed by atoms with Crippen LogP contribution in [0.4, 0.5) is 4.79 Å². The molecule has 27 heavy (non-hydrogen) atoms. The molecule has 2 fully saturated rings. The van der Waals surface area contributed by atoms with E-state index in [4.69, 9.17) is 4.42 Å². The molecule has 1 saturated heterocycles. The number of rotatable bonds is 6. The van der Waals surface area contributed by atoms with Gasteiger partial charge in [-0.05, 0) is 31.2 Å². The third-order valence-electron chi connectivity index (χ3n) is 5.69. The van der Waals surface area contributed by atoms with Gasteiger partial charge < -0.3 is 20.0 Å². The highest BCUT2D eigenvalue weighted by Crippen LogP contribution is 2.22. The Hall–Kier alpha value is -2.34. The summed E-state index contributed by atoms with van der Waals surface area (Å²) in [4.78, 5) is 19.0. The Kier molecular flexibility index (Phi) is 5.72. The van der Waals surface area contributed by atoms with E-state index in [2.05, 4.69) is 27.8 Å². The number of piperidine rings is 1. The predicted octanol–water partition coefficient (Wildman–Crippen LogP) is 3.27. The summed E-state index contributed by atoms with van der Waals surface area (Å²) in [6.07, 6.45) is 9.83. The lowest BCUT2D eigenvalue weighted by atomic mass is 9.91. The van der Waals surface area contributed by atoms with E-state index in [0.717, 1.165) is 31.5 Å². The van der Waals surface area contributed by atoms with Crippen molar-refractivity contribution in [3.8, 4) is 0 Å². The van der Waals surface area contributed by atoms with E-state index < -0.39 is 0 Å². The van der Waals surface area contributed by atoms with Gasteiger partial charge in [-0.25, -0.2) is 9.78 Å². The summed E-state index contributed by atoms with van der Waals surface area (Å²) in [5.41, 5.74) is 1.14. The molecule has 1 aromatic carbocycles. The second-order valence-electron chi connectivity index (χ2n) is 7.62. The lowest BCUT2D eigenvalue weighted by molar-refractivity contribution is 0.163. The number of benzene rings is 1. The molecule has 1 atom stereocenters. The van der Waals surface area contributed by atoms with Crippen molar-refractivity contribution in [1.82, 2.24) is 20.5 Å². The van der Waals surface area contributed by atoms with Crippen LogP contribution < -0.4 is 10.6 Å². The molecular formula is C21H28N4O2. The van der Waals surface area contributed by atoms with Gasteiger partial charge in [-0.2, -0.15) is 0 Å². The summed E-state index contributed by atoms with van der Waals surface area (Å²) in [5.74, 6) is 0.550. The average Bonchev–Trinajstić information content (AvgIpc) is 3.20. The van der Waals surface area contributed by atoms with Crippen LogP contribution in [0.1, 0.15) is 49.6 Å². The molecular weight excluding hydrogens is 340 g/mol. The van der Waals surface area contributed by atoms with Gasteiger partial charge in [0.05, 0.1) is 6.20 Å². The number of amides is 2. The molecule has 2 heterocycles. The van der Waals surface area contributed by atoms with Gasteiger partial charge in [-0.1, -0.05) is 36.8 Å². The van der Waals surface area contributed by atoms with Crippen molar-refractivity contribution >= 4 is 6.03 Å². The number of hydrogen-bond acceptors (Lipinski definition) is 4. The van der Waals surface area contributed by atoms with Gasteiger partial charge in [0.2, 0.25) is 5.89 Å². The maximum Gasteiger partial charge on any atom is 0.318 e. The normalized spacial score (nSPS) is 19.5. The second-order valence-corrected chi connectivity index (χ2v) is 7.62. The number of carbonyl (C=O) groups excluding carboxylic acids is 1. The molecule has 2 amide bonds. The van der Waals surface area contributed by atoms with Crippen LogP contribution in [-0.4, -0.2) is 41.1 Å². The van der Waals surface area contributed by atoms with Crippen molar-refractivity contribution in [2.75, 3.05) is 13.1 Å². The Balaban J connectivity index is 1.33. The van der Waals surface area contributed by atoms with Gasteiger partial charge in [0.1, 0.15) is 12.3 Å². The molecule has 1 aromatic heterocycles. The maximum atomic E-state index is 12.8. The molecule has 2 aromatic rings. The number of hydrogen-bond donors (Lipinski definition) is 2. The largest absolute Gasteiger partial charge is 0.447 e. The Morgan fingerprint density at radius 1 is 1.15 bits per heavy atom. The van der Waals surface area contributed by atoms with Crippen LogP contribution in [0.3, 0.4) is 0 Å². The number of urea groups is 1. The van der Waals surface area contributed by atoms with Gasteiger partial charge in [0, 0.05) is 31.6 Å². The van der Waals surface area contributed by atoms with Gasteiger partial charge >= 0.3 is 6.03 Å². The van der Waals surface area contributed by atoms with Crippen LogP contribution in [0.2, 0.25) is 0 Å². The van der Waals surface area contributed by atoms with E-state index in [1.54, 1.807) is 12.5 Å². The Morgan fingerprint density at radius 3 is 2.52 bits per heavy atom. The van der Waals surface area contributed by atoms with Crippen molar-refractivity contribution < 1.29 is 9.21 Å². The first-order valence-electron chi connectivity index (χ1n) is 10.0. The molecule has 1 aliphatic carbocycles. The zero-order valence-corrected chi connectivity index (χ0v) is 15.6. The molecule has 1 aliphatic heterocycles. The van der Waals surface area contributed by atoms with E-state index in [9.17, 15) is 4.79 Å². The summed E-state index contributed by atoms with van der Waals surface area (Å²) in [6.45, 7) is 1.58. The van der Waals surface area contributed by atoms with Gasteiger partial charge in [0.15, 0.2) is 0 Å². The van der Waals surface area contributed by atoms with Crippen LogP contribution >= 0.6 is 0 Å². The van der Waals surface area contributed by atoms with E-state index in [0.29, 0.717) is 24.4 Å². The summed E-state index contributed by atoms with van der Waals surface area (Å²) in [6, 6.07) is 11.1. The number of carbonyl (C=O) groups is 1. The van der Waals surface area contributed by atoms with Crippen molar-refractivity contribution in [1.29, 1.82) is 0 Å². The zero-order valence-electron chi connectivity index (χ0n) is 15.6. The molecule has 4 rings (SSSR count). The Morgan fingerprint density at radius 2 is 1.89 bits per heavy atom. The SMILES string of the molecule is O=C(NC(Cc1ccccc1)c1ncco1)N1CCC(NC2CCC2)CC1. The highest BCUT2D eigenvalue weighted by molar-refractivity contribution is 5.74. The highest BCUT2D eigenvalue weighted by atomic mass is 16.3. The number of oxazole rings is 1. The minimum absolute atomic E-state index is 0.0313. The molecule has 1 unspecified atom stereocenters. The van der Waals surface area contributed by atoms with Crippen molar-refractivity contribution in [3.05, 3.63) is 54.2 Å². The lowest BCUT2D eigenvalue weighted by Gasteiger charge is -2.37. The molecule has 2 N–H and O–H groups in total. The first-order valence-corrected chi connectivity index (χ1v) is 10.0. The third-order valence-corrected chi connectivity index (χ3v) is 5.69. The van der Waals surface area contributed by atoms with E-state index in [-0.39, 0.29) is 12.1 Å². The lowest BCUT2D eigenvalue weighted by Crippen LogP contribution is -2.51. The van der Waals surface area contributed by atoms with Gasteiger partial charge in [-0.3, -0.25) is 0 Å². The number of aromatic nitrogens is 1. The van der Waals surface area contributed by atoms with E-state index in [1.807, 2.05) is 23.1 Å². The molecule has 0 bridgehead atoms. The highest BCUT2D eigenvalue weighted by Gasteiger charge is 2.28. The minimum atomic E-state index is -0.263. The number of nitrogens with zero attached hydrogens (tertiary/aromatic N) is 2. The smallest absolute Gasteiger partial charge is 0.318 e. The van der Waals surface area contributed by atoms with Crippen LogP contribution in [0.25, 0.3) is 0 Å². The first kappa shape index (κ1) is 18.0. The summed E-state index contributed by atoms with van der Waals surface area (Å²) < 4.78 is 5.48. The monoisotopic (exact) mass is 368 g/mol. The van der Waals surface area contributed by atoms with Gasteiger partial charge in [0.25, 0.3) is 0 Å². The van der Waals surface area contributed by atoms with Crippen LogP contribution in [0, 0.1) is 0 Å². The molecule has 0 radical (unpaired) electrons. The average molecular weight is 368 g/mol. The number of nitrogens with one attached hydrogen (secondary N) is 2. The third kappa shape index (κ3) is 4.69. The Bertz CT molecular complexity index is 707. The standard InChI is InChI=1S/C21H28N4O2/c26-21(25-12-9-18(10-13-25)23-17-7-4-8-17)24-19(20-22-11-14-27-20)15-16-5-2-1-3-6-16/h1-3,5-6,11,14,17-19,23H,4,7-10,12-13,15H2,(H,24,26). The van der Waals surface area contributed by atoms with Crippen molar-refractivity contribution in [2.45, 2.75) is 56.7 Å². The predicted molar refractivity (Wildman–Crippen MR) is 103 cm³/mol. The number of likely N-dealkylation sites (tertiary alicyclic amines) is 1. The fourth-order valence-electron chi connectivity index (χ4n) is 3.85. The first-order chi connectivity index (χ1) is 13.3. The van der Waals surface area contributed by atoms with Crippen LogP contribution in [0.5, 0.6) is 0 Å². The molecule has 2 aliphatic rings. The topological polar surface area (TPSA) is 70.4 Å². The fraction of sp³-hybridized carbons (Fsp3) is 0.524. The fourth-order valence-corrected chi connectivity index (χ4v) is 3.85. The summed E-state index contributed by atoms with van der Waals surface area (Å²) >= 11 is 0. The van der Waals surface area contributed by atoms with Crippen molar-refractivity contribution in [3.63, 3.8) is 0 Å². The van der Waals surface area contributed by atoms with Gasteiger partial charge in [-0.15, -0.1) is 0 Å². The van der Waals surface area contributed by atoms with Crippen LogP contribution in [-0.2, 0) is 6.42 Å².